The highest BCUT2D eigenvalue weighted by Crippen LogP contribution is 2.44. The number of amides is 1. The number of morpholine rings is 1. The highest BCUT2D eigenvalue weighted by Gasteiger charge is 2.29. The number of benzene rings is 3. The molecule has 0 spiro atoms. The van der Waals surface area contributed by atoms with Crippen molar-refractivity contribution < 1.29 is 24.4 Å². The van der Waals surface area contributed by atoms with Crippen LogP contribution in [0.1, 0.15) is 53.9 Å². The maximum Gasteiger partial charge on any atom is 0.335 e. The minimum atomic E-state index is -1.01. The van der Waals surface area contributed by atoms with Crippen LogP contribution in [0.25, 0.3) is 33.3 Å². The second-order valence-electron chi connectivity index (χ2n) is 11.1. The van der Waals surface area contributed by atoms with Crippen LogP contribution in [0.4, 0.5) is 5.69 Å². The molecule has 1 aliphatic carbocycles. The number of carboxylic acids is 1. The lowest BCUT2D eigenvalue weighted by molar-refractivity contribution is -0.384. The lowest BCUT2D eigenvalue weighted by Crippen LogP contribution is -2.42. The van der Waals surface area contributed by atoms with Crippen LogP contribution < -0.4 is 0 Å². The Morgan fingerprint density at radius 1 is 0.905 bits per heavy atom. The van der Waals surface area contributed by atoms with Crippen molar-refractivity contribution in [2.75, 3.05) is 26.3 Å². The first-order valence-electron chi connectivity index (χ1n) is 14.5. The molecular formula is C33H33N3O6. The van der Waals surface area contributed by atoms with Crippen molar-refractivity contribution in [1.29, 1.82) is 0 Å². The molecule has 3 aromatic carbocycles. The topological polar surface area (TPSA) is 115 Å². The summed E-state index contributed by atoms with van der Waals surface area (Å²) >= 11 is 0. The summed E-state index contributed by atoms with van der Waals surface area (Å²) in [6, 6.07) is 19.7. The summed E-state index contributed by atoms with van der Waals surface area (Å²) in [7, 11) is 0. The fraction of sp³-hybridized carbons (Fsp3) is 0.333. The zero-order chi connectivity index (χ0) is 29.2. The molecule has 9 heteroatoms. The van der Waals surface area contributed by atoms with Gasteiger partial charge in [0.05, 0.1) is 34.9 Å². The number of nitro groups is 1. The van der Waals surface area contributed by atoms with E-state index < -0.39 is 10.9 Å². The van der Waals surface area contributed by atoms with Gasteiger partial charge in [0.2, 0.25) is 5.91 Å². The van der Waals surface area contributed by atoms with Gasteiger partial charge >= 0.3 is 5.97 Å². The number of nitrogens with zero attached hydrogens (tertiary/aromatic N) is 3. The number of ether oxygens (including phenoxy) is 1. The molecule has 9 nitrogen and oxygen atoms in total. The zero-order valence-electron chi connectivity index (χ0n) is 23.3. The molecule has 4 aromatic rings. The predicted molar refractivity (Wildman–Crippen MR) is 160 cm³/mol. The van der Waals surface area contributed by atoms with Gasteiger partial charge in [-0.25, -0.2) is 4.79 Å². The fourth-order valence-electron chi connectivity index (χ4n) is 6.46. The summed E-state index contributed by atoms with van der Waals surface area (Å²) in [6.45, 7) is 2.15. The monoisotopic (exact) mass is 567 g/mol. The lowest BCUT2D eigenvalue weighted by atomic mass is 9.81. The minimum Gasteiger partial charge on any atom is -0.478 e. The molecule has 0 unspecified atom stereocenters. The molecule has 2 fully saturated rings. The fourth-order valence-corrected chi connectivity index (χ4v) is 6.46. The molecule has 0 bridgehead atoms. The van der Waals surface area contributed by atoms with E-state index in [0.717, 1.165) is 59.0 Å². The van der Waals surface area contributed by atoms with Crippen molar-refractivity contribution in [2.24, 2.45) is 0 Å². The lowest BCUT2D eigenvalue weighted by Gasteiger charge is -2.28. The molecule has 1 amide bonds. The quantitative estimate of drug-likeness (QED) is 0.202. The smallest absolute Gasteiger partial charge is 0.335 e. The molecule has 216 valence electrons. The van der Waals surface area contributed by atoms with Crippen molar-refractivity contribution in [3.8, 4) is 22.4 Å². The SMILES string of the molecule is O=C(O)c1ccc2c(C3CCCCC3)c(-c3ccc(-c4cccc([N+](=O)[O-])c4)cc3)n(CC(=O)N3CCOCC3)c2c1. The highest BCUT2D eigenvalue weighted by atomic mass is 16.6. The van der Waals surface area contributed by atoms with Gasteiger partial charge in [-0.15, -0.1) is 0 Å². The maximum absolute atomic E-state index is 13.6. The zero-order valence-corrected chi connectivity index (χ0v) is 23.3. The third-order valence-corrected chi connectivity index (χ3v) is 8.57. The normalized spacial score (nSPS) is 16.0. The maximum atomic E-state index is 13.6. The van der Waals surface area contributed by atoms with E-state index in [1.165, 1.54) is 18.1 Å². The molecule has 0 radical (unpaired) electrons. The Labute approximate surface area is 243 Å². The van der Waals surface area contributed by atoms with Crippen molar-refractivity contribution in [2.45, 2.75) is 44.6 Å². The number of non-ortho nitro benzene ring substituents is 1. The van der Waals surface area contributed by atoms with Crippen LogP contribution in [0.15, 0.2) is 66.7 Å². The van der Waals surface area contributed by atoms with Crippen LogP contribution in [-0.2, 0) is 16.1 Å². The summed E-state index contributed by atoms with van der Waals surface area (Å²) in [6.07, 6.45) is 5.53. The Balaban J connectivity index is 1.51. The van der Waals surface area contributed by atoms with Gasteiger partial charge in [0, 0.05) is 30.6 Å². The number of fused-ring (bicyclic) bond motifs is 1. The summed E-state index contributed by atoms with van der Waals surface area (Å²) in [5, 5.41) is 22.1. The summed E-state index contributed by atoms with van der Waals surface area (Å²) in [5.41, 5.74) is 5.59. The second kappa shape index (κ2) is 11.8. The van der Waals surface area contributed by atoms with Crippen molar-refractivity contribution >= 4 is 28.5 Å². The molecule has 6 rings (SSSR count). The Bertz CT molecular complexity index is 1650. The van der Waals surface area contributed by atoms with Crippen LogP contribution in [0.2, 0.25) is 0 Å². The number of carbonyl (C=O) groups excluding carboxylic acids is 1. The highest BCUT2D eigenvalue weighted by molar-refractivity contribution is 5.99. The molecule has 2 heterocycles. The molecule has 1 N–H and O–H groups in total. The Morgan fingerprint density at radius 2 is 1.62 bits per heavy atom. The number of nitro benzene ring substituents is 1. The minimum absolute atomic E-state index is 0.0272. The number of hydrogen-bond donors (Lipinski definition) is 1. The average molecular weight is 568 g/mol. The number of hydrogen-bond acceptors (Lipinski definition) is 5. The molecule has 1 aliphatic heterocycles. The molecule has 1 aromatic heterocycles. The first kappa shape index (κ1) is 27.7. The van der Waals surface area contributed by atoms with E-state index in [9.17, 15) is 24.8 Å². The van der Waals surface area contributed by atoms with Gasteiger partial charge in [-0.05, 0) is 53.1 Å². The van der Waals surface area contributed by atoms with Crippen LogP contribution in [0.5, 0.6) is 0 Å². The van der Waals surface area contributed by atoms with Crippen molar-refractivity contribution in [3.63, 3.8) is 0 Å². The van der Waals surface area contributed by atoms with Gasteiger partial charge < -0.3 is 19.3 Å². The first-order chi connectivity index (χ1) is 20.4. The molecule has 1 saturated heterocycles. The summed E-state index contributed by atoms with van der Waals surface area (Å²) in [5.74, 6) is -0.741. The summed E-state index contributed by atoms with van der Waals surface area (Å²) < 4.78 is 7.46. The van der Waals surface area contributed by atoms with Gasteiger partial charge in [0.15, 0.2) is 0 Å². The second-order valence-corrected chi connectivity index (χ2v) is 11.1. The Kier molecular flexibility index (Phi) is 7.75. The number of aromatic nitrogens is 1. The van der Waals surface area contributed by atoms with Crippen LogP contribution in [-0.4, -0.2) is 57.7 Å². The molecule has 42 heavy (non-hydrogen) atoms. The standard InChI is InChI=1S/C33H33N3O6/c37-30(34-15-17-42-18-16-34)21-35-29-20-26(33(38)39)13-14-28(29)31(23-5-2-1-3-6-23)32(35)24-11-9-22(10-12-24)25-7-4-8-27(19-25)36(40)41/h4,7-14,19-20,23H,1-3,5-6,15-18,21H2,(H,38,39). The van der Waals surface area contributed by atoms with E-state index in [2.05, 4.69) is 0 Å². The average Bonchev–Trinajstić information content (AvgIpc) is 3.35. The Morgan fingerprint density at radius 3 is 2.31 bits per heavy atom. The third-order valence-electron chi connectivity index (χ3n) is 8.57. The Hall–Kier alpha value is -4.50. The van der Waals surface area contributed by atoms with E-state index >= 15 is 0 Å². The van der Waals surface area contributed by atoms with Gasteiger partial charge in [0.1, 0.15) is 6.54 Å². The molecule has 2 aliphatic rings. The number of aromatic carboxylic acids is 1. The molecule has 1 saturated carbocycles. The largest absolute Gasteiger partial charge is 0.478 e. The van der Waals surface area contributed by atoms with E-state index in [-0.39, 0.29) is 23.7 Å². The number of rotatable bonds is 7. The predicted octanol–water partition coefficient (Wildman–Crippen LogP) is 6.49. The first-order valence-corrected chi connectivity index (χ1v) is 14.5. The van der Waals surface area contributed by atoms with Crippen LogP contribution in [0.3, 0.4) is 0 Å². The van der Waals surface area contributed by atoms with Gasteiger partial charge in [-0.3, -0.25) is 14.9 Å². The van der Waals surface area contributed by atoms with Crippen molar-refractivity contribution in [3.05, 3.63) is 88.0 Å². The van der Waals surface area contributed by atoms with Gasteiger partial charge in [0.25, 0.3) is 5.69 Å². The number of carbonyl (C=O) groups is 2. The van der Waals surface area contributed by atoms with Crippen LogP contribution in [0, 0.1) is 10.1 Å². The van der Waals surface area contributed by atoms with Gasteiger partial charge in [-0.1, -0.05) is 61.7 Å². The van der Waals surface area contributed by atoms with Crippen LogP contribution >= 0.6 is 0 Å². The molecule has 0 atom stereocenters. The van der Waals surface area contributed by atoms with E-state index in [0.29, 0.717) is 32.2 Å². The van der Waals surface area contributed by atoms with Gasteiger partial charge in [-0.2, -0.15) is 0 Å². The van der Waals surface area contributed by atoms with E-state index in [1.807, 2.05) is 45.9 Å². The summed E-state index contributed by atoms with van der Waals surface area (Å²) in [4.78, 5) is 38.3. The van der Waals surface area contributed by atoms with E-state index in [4.69, 9.17) is 4.74 Å². The third kappa shape index (κ3) is 5.39. The molecular weight excluding hydrogens is 534 g/mol. The van der Waals surface area contributed by atoms with E-state index in [1.54, 1.807) is 24.3 Å². The van der Waals surface area contributed by atoms with Crippen molar-refractivity contribution in [1.82, 2.24) is 9.47 Å². The number of carboxylic acid groups (broad SMARTS) is 1.